The van der Waals surface area contributed by atoms with Gasteiger partial charge in [-0.05, 0) is 29.8 Å². The highest BCUT2D eigenvalue weighted by atomic mass is 16.3. The summed E-state index contributed by atoms with van der Waals surface area (Å²) >= 11 is 0. The Morgan fingerprint density at radius 1 is 1.22 bits per heavy atom. The van der Waals surface area contributed by atoms with Crippen LogP contribution >= 0.6 is 0 Å². The van der Waals surface area contributed by atoms with Gasteiger partial charge in [0.05, 0.1) is 0 Å². The van der Waals surface area contributed by atoms with Gasteiger partial charge in [-0.3, -0.25) is 4.79 Å². The van der Waals surface area contributed by atoms with E-state index in [-0.39, 0.29) is 11.3 Å². The zero-order chi connectivity index (χ0) is 16.7. The van der Waals surface area contributed by atoms with Crippen molar-refractivity contribution < 1.29 is 9.90 Å². The Labute approximate surface area is 135 Å². The van der Waals surface area contributed by atoms with Crippen LogP contribution in [0.4, 0.5) is 5.69 Å². The molecule has 116 valence electrons. The van der Waals surface area contributed by atoms with Gasteiger partial charge in [0.2, 0.25) is 0 Å². The lowest BCUT2D eigenvalue weighted by Gasteiger charge is -2.15. The average Bonchev–Trinajstić information content (AvgIpc) is 2.59. The molecular weight excluding hydrogens is 290 g/mol. The Hall–Kier alpha value is -3.26. The van der Waals surface area contributed by atoms with Gasteiger partial charge in [-0.1, -0.05) is 30.3 Å². The Morgan fingerprint density at radius 3 is 2.48 bits per heavy atom. The fraction of sp³-hybridized carbons (Fsp3) is 0.111. The molecule has 0 saturated carbocycles. The molecule has 23 heavy (non-hydrogen) atoms. The first-order valence-electron chi connectivity index (χ1n) is 7.06. The molecule has 2 N–H and O–H groups in total. The van der Waals surface area contributed by atoms with Crippen molar-refractivity contribution in [1.82, 2.24) is 5.32 Å². The number of hydrogen-bond acceptors (Lipinski definition) is 4. The number of nitrogens with one attached hydrogen (secondary N) is 1. The molecule has 0 unspecified atom stereocenters. The van der Waals surface area contributed by atoms with Crippen molar-refractivity contribution in [2.45, 2.75) is 6.54 Å². The number of carbonyl (C=O) groups is 1. The van der Waals surface area contributed by atoms with Crippen LogP contribution in [0.2, 0.25) is 0 Å². The number of nitriles is 1. The summed E-state index contributed by atoms with van der Waals surface area (Å²) in [5.74, 6) is -0.269. The highest BCUT2D eigenvalue weighted by molar-refractivity contribution is 5.97. The number of carbonyl (C=O) groups excluding carboxylic acids is 1. The summed E-state index contributed by atoms with van der Waals surface area (Å²) in [5.41, 5.74) is 1.73. The minimum absolute atomic E-state index is 0.0107. The molecule has 0 aromatic heterocycles. The number of benzene rings is 2. The summed E-state index contributed by atoms with van der Waals surface area (Å²) in [4.78, 5) is 13.8. The van der Waals surface area contributed by atoms with Crippen LogP contribution in [0.5, 0.6) is 5.75 Å². The monoisotopic (exact) mass is 307 g/mol. The van der Waals surface area contributed by atoms with Crippen LogP contribution in [-0.2, 0) is 11.3 Å². The summed E-state index contributed by atoms with van der Waals surface area (Å²) in [6.07, 6.45) is 1.46. The quantitative estimate of drug-likeness (QED) is 0.657. The molecule has 0 atom stereocenters. The fourth-order valence-electron chi connectivity index (χ4n) is 1.97. The lowest BCUT2D eigenvalue weighted by Crippen LogP contribution is -2.25. The third kappa shape index (κ3) is 4.61. The van der Waals surface area contributed by atoms with E-state index in [0.29, 0.717) is 6.54 Å². The van der Waals surface area contributed by atoms with E-state index in [1.807, 2.05) is 36.4 Å². The zero-order valence-electron chi connectivity index (χ0n) is 12.7. The highest BCUT2D eigenvalue weighted by Gasteiger charge is 2.10. The van der Waals surface area contributed by atoms with E-state index in [1.165, 1.54) is 6.20 Å². The summed E-state index contributed by atoms with van der Waals surface area (Å²) in [5, 5.41) is 21.2. The Kier molecular flexibility index (Phi) is 5.37. The van der Waals surface area contributed by atoms with Crippen molar-refractivity contribution in [3.63, 3.8) is 0 Å². The van der Waals surface area contributed by atoms with E-state index in [9.17, 15) is 15.2 Å². The van der Waals surface area contributed by atoms with Crippen LogP contribution in [-0.4, -0.2) is 18.1 Å². The van der Waals surface area contributed by atoms with Crippen molar-refractivity contribution in [2.75, 3.05) is 11.9 Å². The van der Waals surface area contributed by atoms with Crippen LogP contribution in [0.25, 0.3) is 0 Å². The molecule has 2 aromatic rings. The molecule has 0 radical (unpaired) electrons. The van der Waals surface area contributed by atoms with Gasteiger partial charge in [-0.25, -0.2) is 0 Å². The molecule has 0 aliphatic rings. The van der Waals surface area contributed by atoms with Crippen LogP contribution in [0, 0.1) is 11.3 Å². The van der Waals surface area contributed by atoms with Crippen molar-refractivity contribution in [2.24, 2.45) is 0 Å². The molecule has 0 bridgehead atoms. The van der Waals surface area contributed by atoms with Crippen LogP contribution < -0.4 is 10.2 Å². The molecule has 0 heterocycles. The molecule has 0 aliphatic carbocycles. The smallest absolute Gasteiger partial charge is 0.263 e. The minimum Gasteiger partial charge on any atom is -0.508 e. The van der Waals surface area contributed by atoms with Gasteiger partial charge in [0.25, 0.3) is 5.91 Å². The maximum atomic E-state index is 12.1. The number of rotatable bonds is 5. The minimum atomic E-state index is -0.429. The summed E-state index contributed by atoms with van der Waals surface area (Å²) in [7, 11) is 1.73. The molecule has 5 nitrogen and oxygen atoms in total. The normalized spacial score (nSPS) is 10.7. The van der Waals surface area contributed by atoms with Crippen molar-refractivity contribution in [3.05, 3.63) is 71.9 Å². The fourth-order valence-corrected chi connectivity index (χ4v) is 1.97. The SMILES string of the molecule is CN(/C=C(/C#N)C(=O)NCc1ccccc1)c1ccc(O)cc1. The third-order valence-electron chi connectivity index (χ3n) is 3.24. The average molecular weight is 307 g/mol. The van der Waals surface area contributed by atoms with Gasteiger partial charge >= 0.3 is 0 Å². The van der Waals surface area contributed by atoms with E-state index in [2.05, 4.69) is 5.32 Å². The van der Waals surface area contributed by atoms with Crippen molar-refractivity contribution in [1.29, 1.82) is 5.26 Å². The predicted octanol–water partition coefficient (Wildman–Crippen LogP) is 2.55. The molecule has 2 aromatic carbocycles. The first-order chi connectivity index (χ1) is 11.1. The van der Waals surface area contributed by atoms with Gasteiger partial charge in [0.1, 0.15) is 17.4 Å². The number of phenolic OH excluding ortho intramolecular Hbond substituents is 1. The van der Waals surface area contributed by atoms with Crippen LogP contribution in [0.1, 0.15) is 5.56 Å². The van der Waals surface area contributed by atoms with Crippen LogP contribution in [0.15, 0.2) is 66.4 Å². The summed E-state index contributed by atoms with van der Waals surface area (Å²) < 4.78 is 0. The first kappa shape index (κ1) is 16.1. The molecule has 5 heteroatoms. The van der Waals surface area contributed by atoms with Gasteiger partial charge in [-0.15, -0.1) is 0 Å². The van der Waals surface area contributed by atoms with Gasteiger partial charge < -0.3 is 15.3 Å². The van der Waals surface area contributed by atoms with E-state index < -0.39 is 5.91 Å². The largest absolute Gasteiger partial charge is 0.508 e. The first-order valence-corrected chi connectivity index (χ1v) is 7.06. The number of hydrogen-bond donors (Lipinski definition) is 2. The third-order valence-corrected chi connectivity index (χ3v) is 3.24. The maximum Gasteiger partial charge on any atom is 0.263 e. The Bertz CT molecular complexity index is 731. The lowest BCUT2D eigenvalue weighted by atomic mass is 10.2. The van der Waals surface area contributed by atoms with Gasteiger partial charge in [0, 0.05) is 25.5 Å². The molecule has 0 spiro atoms. The number of phenols is 1. The lowest BCUT2D eigenvalue weighted by molar-refractivity contribution is -0.117. The molecule has 2 rings (SSSR count). The van der Waals surface area contributed by atoms with E-state index in [4.69, 9.17) is 0 Å². The predicted molar refractivity (Wildman–Crippen MR) is 88.5 cm³/mol. The second-order valence-corrected chi connectivity index (χ2v) is 4.95. The van der Waals surface area contributed by atoms with Gasteiger partial charge in [-0.2, -0.15) is 5.26 Å². The molecule has 0 fully saturated rings. The van der Waals surface area contributed by atoms with E-state index in [0.717, 1.165) is 11.3 Å². The standard InChI is InChI=1S/C18H17N3O2/c1-21(16-7-9-17(22)10-8-16)13-15(11-19)18(23)20-12-14-5-3-2-4-6-14/h2-10,13,22H,12H2,1H3,(H,20,23)/b15-13-. The maximum absolute atomic E-state index is 12.1. The molecule has 0 aliphatic heterocycles. The van der Waals surface area contributed by atoms with E-state index >= 15 is 0 Å². The number of amides is 1. The second-order valence-electron chi connectivity index (χ2n) is 4.95. The number of anilines is 1. The van der Waals surface area contributed by atoms with E-state index in [1.54, 1.807) is 36.2 Å². The Morgan fingerprint density at radius 2 is 1.87 bits per heavy atom. The van der Waals surface area contributed by atoms with Crippen molar-refractivity contribution in [3.8, 4) is 11.8 Å². The topological polar surface area (TPSA) is 76.4 Å². The highest BCUT2D eigenvalue weighted by Crippen LogP contribution is 2.18. The number of nitrogens with zero attached hydrogens (tertiary/aromatic N) is 2. The number of aromatic hydroxyl groups is 1. The van der Waals surface area contributed by atoms with Crippen molar-refractivity contribution >= 4 is 11.6 Å². The Balaban J connectivity index is 2.04. The second kappa shape index (κ2) is 7.66. The summed E-state index contributed by atoms with van der Waals surface area (Å²) in [6, 6.07) is 17.9. The van der Waals surface area contributed by atoms with Gasteiger partial charge in [0.15, 0.2) is 0 Å². The zero-order valence-corrected chi connectivity index (χ0v) is 12.7. The molecule has 0 saturated heterocycles. The molecule has 1 amide bonds. The molecular formula is C18H17N3O2. The summed E-state index contributed by atoms with van der Waals surface area (Å²) in [6.45, 7) is 0.363. The van der Waals surface area contributed by atoms with Crippen LogP contribution in [0.3, 0.4) is 0 Å².